The van der Waals surface area contributed by atoms with Crippen LogP contribution >= 0.6 is 12.9 Å². The molecule has 0 unspecified atom stereocenters. The van der Waals surface area contributed by atoms with Gasteiger partial charge in [0.15, 0.2) is 5.75 Å². The molecule has 1 heterocycles. The van der Waals surface area contributed by atoms with Crippen LogP contribution in [0.4, 0.5) is 0 Å². The molecule has 2 rings (SSSR count). The van der Waals surface area contributed by atoms with Crippen LogP contribution in [0, 0.1) is 6.92 Å². The lowest BCUT2D eigenvalue weighted by atomic mass is 9.91. The minimum absolute atomic E-state index is 0.202. The number of aromatic hydroxyl groups is 1. The van der Waals surface area contributed by atoms with Crippen molar-refractivity contribution < 1.29 is 9.29 Å². The first-order valence-corrected chi connectivity index (χ1v) is 7.55. The van der Waals surface area contributed by atoms with E-state index in [4.69, 9.17) is 4.18 Å². The van der Waals surface area contributed by atoms with Gasteiger partial charge in [-0.05, 0) is 48.6 Å². The summed E-state index contributed by atoms with van der Waals surface area (Å²) in [6.07, 6.45) is 1.38. The van der Waals surface area contributed by atoms with Crippen LogP contribution in [0.3, 0.4) is 0 Å². The number of aromatic nitrogens is 2. The molecule has 0 amide bonds. The van der Waals surface area contributed by atoms with Crippen LogP contribution in [0.1, 0.15) is 30.7 Å². The highest BCUT2D eigenvalue weighted by Crippen LogP contribution is 2.36. The van der Waals surface area contributed by atoms with E-state index >= 15 is 0 Å². The summed E-state index contributed by atoms with van der Waals surface area (Å²) >= 11 is 3.89. The second-order valence-electron chi connectivity index (χ2n) is 5.16. The number of nitrogens with zero attached hydrogens (tertiary/aromatic N) is 2. The van der Waals surface area contributed by atoms with E-state index in [-0.39, 0.29) is 11.3 Å². The van der Waals surface area contributed by atoms with E-state index in [2.05, 4.69) is 18.0 Å². The van der Waals surface area contributed by atoms with E-state index in [9.17, 15) is 9.90 Å². The number of benzene rings is 1. The van der Waals surface area contributed by atoms with Gasteiger partial charge in [0.25, 0.3) is 5.56 Å². The Labute approximate surface area is 135 Å². The average Bonchev–Trinajstić information content (AvgIpc) is 2.50. The molecule has 0 spiro atoms. The molecule has 0 radical (unpaired) electrons. The van der Waals surface area contributed by atoms with Crippen LogP contribution in [0.15, 0.2) is 16.9 Å². The van der Waals surface area contributed by atoms with Gasteiger partial charge in [0, 0.05) is 20.0 Å². The highest BCUT2D eigenvalue weighted by atomic mass is 32.1. The van der Waals surface area contributed by atoms with E-state index in [0.717, 1.165) is 16.7 Å². The zero-order chi connectivity index (χ0) is 16.4. The van der Waals surface area contributed by atoms with Gasteiger partial charge in [0.05, 0.1) is 5.56 Å². The minimum Gasteiger partial charge on any atom is -0.508 e. The van der Waals surface area contributed by atoms with Gasteiger partial charge in [-0.2, -0.15) is 5.10 Å². The average molecular weight is 320 g/mol. The maximum absolute atomic E-state index is 12.6. The Bertz CT molecular complexity index is 744. The van der Waals surface area contributed by atoms with E-state index in [1.165, 1.54) is 4.68 Å². The second kappa shape index (κ2) is 6.44. The number of phenolic OH excluding ortho intramolecular Hbond substituents is 1. The van der Waals surface area contributed by atoms with Crippen molar-refractivity contribution in [3.8, 4) is 22.6 Å². The molecule has 0 fully saturated rings. The van der Waals surface area contributed by atoms with Gasteiger partial charge in [-0.15, -0.1) is 0 Å². The Morgan fingerprint density at radius 2 is 1.77 bits per heavy atom. The molecule has 0 aliphatic heterocycles. The lowest BCUT2D eigenvalue weighted by Crippen LogP contribution is -2.23. The lowest BCUT2D eigenvalue weighted by molar-refractivity contribution is 0.474. The molecule has 0 saturated carbocycles. The number of hydrogen-bond donors (Lipinski definition) is 2. The number of aryl methyl sites for hydroxylation is 4. The highest BCUT2D eigenvalue weighted by molar-refractivity contribution is 7.75. The van der Waals surface area contributed by atoms with Crippen LogP contribution in [0.2, 0.25) is 0 Å². The van der Waals surface area contributed by atoms with Crippen molar-refractivity contribution >= 4 is 12.9 Å². The van der Waals surface area contributed by atoms with Crippen LogP contribution in [-0.2, 0) is 19.9 Å². The van der Waals surface area contributed by atoms with Crippen LogP contribution < -0.4 is 9.74 Å². The fourth-order valence-corrected chi connectivity index (χ4v) is 2.94. The highest BCUT2D eigenvalue weighted by Gasteiger charge is 2.22. The third-order valence-corrected chi connectivity index (χ3v) is 3.94. The Hall–Kier alpha value is -1.95. The molecule has 5 nitrogen and oxygen atoms in total. The molecule has 0 atom stereocenters. The lowest BCUT2D eigenvalue weighted by Gasteiger charge is -2.17. The Balaban J connectivity index is 2.96. The van der Waals surface area contributed by atoms with Gasteiger partial charge in [0.2, 0.25) is 0 Å². The van der Waals surface area contributed by atoms with Crippen LogP contribution in [-0.4, -0.2) is 14.9 Å². The van der Waals surface area contributed by atoms with Crippen LogP contribution in [0.25, 0.3) is 11.1 Å². The van der Waals surface area contributed by atoms with Gasteiger partial charge in [-0.25, -0.2) is 4.68 Å². The van der Waals surface area contributed by atoms with Crippen molar-refractivity contribution in [2.45, 2.75) is 33.6 Å². The molecule has 118 valence electrons. The third-order valence-electron chi connectivity index (χ3n) is 3.75. The Kier molecular flexibility index (Phi) is 4.81. The van der Waals surface area contributed by atoms with Gasteiger partial charge in [0.1, 0.15) is 11.4 Å². The number of thiol groups is 1. The quantitative estimate of drug-likeness (QED) is 0.671. The summed E-state index contributed by atoms with van der Waals surface area (Å²) in [4.78, 5) is 12.6. The first kappa shape index (κ1) is 16.4. The molecular weight excluding hydrogens is 300 g/mol. The second-order valence-corrected chi connectivity index (χ2v) is 5.34. The van der Waals surface area contributed by atoms with Crippen molar-refractivity contribution in [2.75, 3.05) is 0 Å². The predicted molar refractivity (Wildman–Crippen MR) is 89.7 cm³/mol. The molecule has 2 aromatic rings. The molecule has 22 heavy (non-hydrogen) atoms. The summed E-state index contributed by atoms with van der Waals surface area (Å²) in [6.45, 7) is 5.74. The number of hydrogen-bond acceptors (Lipinski definition) is 5. The summed E-state index contributed by atoms with van der Waals surface area (Å²) < 4.78 is 6.45. The van der Waals surface area contributed by atoms with Gasteiger partial charge >= 0.3 is 0 Å². The minimum atomic E-state index is -0.246. The van der Waals surface area contributed by atoms with Crippen molar-refractivity contribution in [2.24, 2.45) is 7.05 Å². The zero-order valence-corrected chi connectivity index (χ0v) is 14.1. The van der Waals surface area contributed by atoms with Gasteiger partial charge in [-0.1, -0.05) is 13.8 Å². The van der Waals surface area contributed by atoms with E-state index in [0.29, 0.717) is 29.8 Å². The fourth-order valence-electron chi connectivity index (χ4n) is 2.72. The van der Waals surface area contributed by atoms with Crippen molar-refractivity contribution in [3.63, 3.8) is 0 Å². The van der Waals surface area contributed by atoms with Gasteiger partial charge in [-0.3, -0.25) is 4.79 Å². The summed E-state index contributed by atoms with van der Waals surface area (Å²) in [5, 5.41) is 14.0. The normalized spacial score (nSPS) is 10.8. The van der Waals surface area contributed by atoms with E-state index in [1.807, 2.05) is 13.8 Å². The standard InChI is InChI=1S/C16H20N2O3S/c1-5-10-7-12(19)8-11(6-2)13(10)14-15(21-22)9(3)17-18(4)16(14)20/h7-8,19,22H,5-6H2,1-4H3. The molecule has 0 saturated heterocycles. The van der Waals surface area contributed by atoms with E-state index in [1.54, 1.807) is 26.1 Å². The van der Waals surface area contributed by atoms with Crippen molar-refractivity contribution in [3.05, 3.63) is 39.3 Å². The Morgan fingerprint density at radius 1 is 1.23 bits per heavy atom. The predicted octanol–water partition coefficient (Wildman–Crippen LogP) is 2.81. The number of rotatable bonds is 4. The van der Waals surface area contributed by atoms with Crippen molar-refractivity contribution in [1.82, 2.24) is 9.78 Å². The van der Waals surface area contributed by atoms with Gasteiger partial charge < -0.3 is 9.29 Å². The first-order valence-electron chi connectivity index (χ1n) is 7.18. The van der Waals surface area contributed by atoms with Crippen LogP contribution in [0.5, 0.6) is 11.5 Å². The number of phenols is 1. The summed E-state index contributed by atoms with van der Waals surface area (Å²) in [6, 6.07) is 3.37. The van der Waals surface area contributed by atoms with E-state index < -0.39 is 0 Å². The Morgan fingerprint density at radius 3 is 2.23 bits per heavy atom. The molecule has 6 heteroatoms. The molecular formula is C16H20N2O3S. The molecule has 1 aromatic carbocycles. The smallest absolute Gasteiger partial charge is 0.278 e. The fraction of sp³-hybridized carbons (Fsp3) is 0.375. The summed E-state index contributed by atoms with van der Waals surface area (Å²) in [5.41, 5.74) is 3.38. The maximum Gasteiger partial charge on any atom is 0.278 e. The largest absolute Gasteiger partial charge is 0.508 e. The topological polar surface area (TPSA) is 64.3 Å². The van der Waals surface area contributed by atoms with Crippen molar-refractivity contribution in [1.29, 1.82) is 0 Å². The molecule has 1 N–H and O–H groups in total. The zero-order valence-electron chi connectivity index (χ0n) is 13.2. The molecule has 0 aliphatic carbocycles. The third kappa shape index (κ3) is 2.70. The SMILES string of the molecule is CCc1cc(O)cc(CC)c1-c1c(OS)c(C)nn(C)c1=O. The molecule has 1 aromatic heterocycles. The monoisotopic (exact) mass is 320 g/mol. The maximum atomic E-state index is 12.6. The first-order chi connectivity index (χ1) is 10.4. The summed E-state index contributed by atoms with van der Waals surface area (Å²) in [5.74, 6) is 0.565. The summed E-state index contributed by atoms with van der Waals surface area (Å²) in [7, 11) is 1.61. The molecule has 0 aliphatic rings. The molecule has 0 bridgehead atoms.